The van der Waals surface area contributed by atoms with Crippen LogP contribution in [0, 0.1) is 0 Å². The van der Waals surface area contributed by atoms with Crippen molar-refractivity contribution in [3.8, 4) is 0 Å². The van der Waals surface area contributed by atoms with Crippen molar-refractivity contribution >= 4 is 35.6 Å². The molecule has 1 aliphatic heterocycles. The van der Waals surface area contributed by atoms with Gasteiger partial charge in [-0.2, -0.15) is 18.3 Å². The normalized spacial score (nSPS) is 15.2. The third-order valence-electron chi connectivity index (χ3n) is 4.87. The average molecular weight is 536 g/mol. The first-order valence-electron chi connectivity index (χ1n) is 9.80. The molecule has 0 aliphatic carbocycles. The molecule has 1 N–H and O–H groups in total. The molecule has 6 nitrogen and oxygen atoms in total. The van der Waals surface area contributed by atoms with Crippen molar-refractivity contribution in [2.45, 2.75) is 19.5 Å². The van der Waals surface area contributed by atoms with Gasteiger partial charge in [-0.3, -0.25) is 9.67 Å². The summed E-state index contributed by atoms with van der Waals surface area (Å²) in [5, 5.41) is 7.48. The van der Waals surface area contributed by atoms with Crippen molar-refractivity contribution in [3.05, 3.63) is 47.8 Å². The summed E-state index contributed by atoms with van der Waals surface area (Å²) in [6.45, 7) is 6.14. The maximum absolute atomic E-state index is 13.0. The minimum Gasteiger partial charge on any atom is -0.368 e. The Hall–Kier alpha value is -1.98. The second kappa shape index (κ2) is 10.9. The van der Waals surface area contributed by atoms with E-state index in [0.717, 1.165) is 30.6 Å². The molecule has 2 heterocycles. The Morgan fingerprint density at radius 2 is 1.93 bits per heavy atom. The van der Waals surface area contributed by atoms with Crippen LogP contribution in [0.4, 0.5) is 18.9 Å². The Bertz CT molecular complexity index is 828. The molecular formula is C20H28F3IN6. The van der Waals surface area contributed by atoms with Crippen LogP contribution >= 0.6 is 24.0 Å². The molecule has 10 heteroatoms. The number of hydrogen-bond donors (Lipinski definition) is 1. The maximum Gasteiger partial charge on any atom is 0.416 e. The number of aromatic nitrogens is 2. The van der Waals surface area contributed by atoms with Crippen molar-refractivity contribution in [3.63, 3.8) is 0 Å². The number of benzene rings is 1. The van der Waals surface area contributed by atoms with Crippen LogP contribution in [0.5, 0.6) is 0 Å². The predicted octanol–water partition coefficient (Wildman–Crippen LogP) is 3.39. The Morgan fingerprint density at radius 1 is 1.20 bits per heavy atom. The van der Waals surface area contributed by atoms with Crippen LogP contribution in [-0.2, 0) is 19.6 Å². The van der Waals surface area contributed by atoms with Crippen LogP contribution in [0.2, 0.25) is 0 Å². The fraction of sp³-hybridized carbons (Fsp3) is 0.500. The fourth-order valence-electron chi connectivity index (χ4n) is 3.37. The molecule has 3 rings (SSSR count). The molecule has 0 bridgehead atoms. The summed E-state index contributed by atoms with van der Waals surface area (Å²) >= 11 is 0. The standard InChI is InChI=1S/C20H27F3N6.HI/c1-3-24-19(25-8-7-16-14-26-27(2)15-16)29-11-9-28(10-12-29)18-6-4-5-17(13-18)20(21,22)23;/h4-6,13-15H,3,7-12H2,1-2H3,(H,24,25);1H. The smallest absolute Gasteiger partial charge is 0.368 e. The van der Waals surface area contributed by atoms with Gasteiger partial charge in [-0.1, -0.05) is 6.07 Å². The van der Waals surface area contributed by atoms with Gasteiger partial charge in [0.1, 0.15) is 0 Å². The van der Waals surface area contributed by atoms with Crippen LogP contribution in [0.3, 0.4) is 0 Å². The highest BCUT2D eigenvalue weighted by molar-refractivity contribution is 14.0. The summed E-state index contributed by atoms with van der Waals surface area (Å²) in [6.07, 6.45) is 0.316. The van der Waals surface area contributed by atoms with Gasteiger partial charge >= 0.3 is 6.18 Å². The van der Waals surface area contributed by atoms with Gasteiger partial charge in [-0.15, -0.1) is 24.0 Å². The molecule has 0 radical (unpaired) electrons. The SMILES string of the molecule is CCNC(=NCCc1cnn(C)c1)N1CCN(c2cccc(C(F)(F)F)c2)CC1.I. The first kappa shape index (κ1) is 24.3. The third kappa shape index (κ3) is 6.51. The van der Waals surface area contributed by atoms with Crippen molar-refractivity contribution in [1.29, 1.82) is 0 Å². The fourth-order valence-corrected chi connectivity index (χ4v) is 3.37. The first-order chi connectivity index (χ1) is 13.9. The monoisotopic (exact) mass is 536 g/mol. The molecular weight excluding hydrogens is 508 g/mol. The molecule has 30 heavy (non-hydrogen) atoms. The Kier molecular flexibility index (Phi) is 8.80. The topological polar surface area (TPSA) is 48.7 Å². The Balaban J connectivity index is 0.00000320. The highest BCUT2D eigenvalue weighted by atomic mass is 127. The van der Waals surface area contributed by atoms with Crippen LogP contribution in [0.25, 0.3) is 0 Å². The number of piperazine rings is 1. The van der Waals surface area contributed by atoms with E-state index in [4.69, 9.17) is 4.99 Å². The number of nitrogens with one attached hydrogen (secondary N) is 1. The number of guanidine groups is 1. The molecule has 1 saturated heterocycles. The zero-order valence-electron chi connectivity index (χ0n) is 17.2. The van der Waals surface area contributed by atoms with E-state index in [9.17, 15) is 13.2 Å². The van der Waals surface area contributed by atoms with Crippen molar-refractivity contribution in [1.82, 2.24) is 20.0 Å². The van der Waals surface area contributed by atoms with E-state index in [1.165, 1.54) is 12.1 Å². The maximum atomic E-state index is 13.0. The number of aryl methyl sites for hydroxylation is 1. The second-order valence-corrected chi connectivity index (χ2v) is 7.03. The second-order valence-electron chi connectivity index (χ2n) is 7.03. The first-order valence-corrected chi connectivity index (χ1v) is 9.80. The Labute approximate surface area is 192 Å². The zero-order valence-corrected chi connectivity index (χ0v) is 19.5. The van der Waals surface area contributed by atoms with E-state index in [2.05, 4.69) is 15.3 Å². The number of anilines is 1. The number of alkyl halides is 3. The van der Waals surface area contributed by atoms with Crippen LogP contribution in [0.15, 0.2) is 41.7 Å². The summed E-state index contributed by atoms with van der Waals surface area (Å²) in [4.78, 5) is 8.87. The van der Waals surface area contributed by atoms with E-state index >= 15 is 0 Å². The van der Waals surface area contributed by atoms with Gasteiger partial charge in [0, 0.05) is 58.2 Å². The van der Waals surface area contributed by atoms with Gasteiger partial charge < -0.3 is 15.1 Å². The lowest BCUT2D eigenvalue weighted by Crippen LogP contribution is -2.52. The minimum atomic E-state index is -4.32. The van der Waals surface area contributed by atoms with Gasteiger partial charge in [0.25, 0.3) is 0 Å². The highest BCUT2D eigenvalue weighted by Gasteiger charge is 2.31. The number of aliphatic imine (C=N–C) groups is 1. The van der Waals surface area contributed by atoms with Crippen molar-refractivity contribution in [2.75, 3.05) is 44.2 Å². The number of halogens is 4. The number of rotatable bonds is 5. The molecule has 0 spiro atoms. The number of hydrogen-bond acceptors (Lipinski definition) is 3. The molecule has 0 saturated carbocycles. The van der Waals surface area contributed by atoms with E-state index < -0.39 is 11.7 Å². The van der Waals surface area contributed by atoms with E-state index in [1.807, 2.05) is 31.3 Å². The van der Waals surface area contributed by atoms with Gasteiger partial charge in [0.15, 0.2) is 5.96 Å². The molecule has 1 aliphatic rings. The molecule has 0 atom stereocenters. The van der Waals surface area contributed by atoms with Gasteiger partial charge in [0.2, 0.25) is 0 Å². The molecule has 0 amide bonds. The van der Waals surface area contributed by atoms with Crippen LogP contribution in [0.1, 0.15) is 18.1 Å². The molecule has 2 aromatic rings. The molecule has 0 unspecified atom stereocenters. The van der Waals surface area contributed by atoms with Crippen molar-refractivity contribution in [2.24, 2.45) is 12.0 Å². The minimum absolute atomic E-state index is 0. The highest BCUT2D eigenvalue weighted by Crippen LogP contribution is 2.31. The summed E-state index contributed by atoms with van der Waals surface area (Å²) in [6, 6.07) is 5.54. The number of nitrogens with zero attached hydrogens (tertiary/aromatic N) is 5. The molecule has 1 aromatic heterocycles. The lowest BCUT2D eigenvalue weighted by atomic mass is 10.1. The van der Waals surface area contributed by atoms with Gasteiger partial charge in [-0.25, -0.2) is 0 Å². The summed E-state index contributed by atoms with van der Waals surface area (Å²) in [7, 11) is 1.89. The van der Waals surface area contributed by atoms with Gasteiger partial charge in [0.05, 0.1) is 11.8 Å². The van der Waals surface area contributed by atoms with E-state index in [1.54, 1.807) is 10.7 Å². The van der Waals surface area contributed by atoms with Crippen LogP contribution < -0.4 is 10.2 Å². The molecule has 1 aromatic carbocycles. The summed E-state index contributed by atoms with van der Waals surface area (Å²) in [5.74, 6) is 0.847. The van der Waals surface area contributed by atoms with Gasteiger partial charge in [-0.05, 0) is 37.1 Å². The Morgan fingerprint density at radius 3 is 2.53 bits per heavy atom. The summed E-state index contributed by atoms with van der Waals surface area (Å²) < 4.78 is 40.7. The lowest BCUT2D eigenvalue weighted by molar-refractivity contribution is -0.137. The summed E-state index contributed by atoms with van der Waals surface area (Å²) in [5.41, 5.74) is 1.14. The predicted molar refractivity (Wildman–Crippen MR) is 124 cm³/mol. The average Bonchev–Trinajstić information content (AvgIpc) is 3.12. The largest absolute Gasteiger partial charge is 0.416 e. The lowest BCUT2D eigenvalue weighted by Gasteiger charge is -2.38. The third-order valence-corrected chi connectivity index (χ3v) is 4.87. The zero-order chi connectivity index (χ0) is 20.9. The van der Waals surface area contributed by atoms with E-state index in [0.29, 0.717) is 38.4 Å². The van der Waals surface area contributed by atoms with Crippen LogP contribution in [-0.4, -0.2) is 59.9 Å². The quantitative estimate of drug-likeness (QED) is 0.362. The molecule has 166 valence electrons. The van der Waals surface area contributed by atoms with E-state index in [-0.39, 0.29) is 24.0 Å². The van der Waals surface area contributed by atoms with Crippen molar-refractivity contribution < 1.29 is 13.2 Å². The molecule has 1 fully saturated rings.